The van der Waals surface area contributed by atoms with Crippen LogP contribution in [0, 0.1) is 0 Å². The van der Waals surface area contributed by atoms with Crippen LogP contribution in [0.15, 0.2) is 29.6 Å². The normalized spacial score (nSPS) is 12.8. The maximum atomic E-state index is 11.7. The van der Waals surface area contributed by atoms with Gasteiger partial charge >= 0.3 is 6.09 Å². The Balaban J connectivity index is 2.44. The van der Waals surface area contributed by atoms with Crippen LogP contribution in [-0.4, -0.2) is 37.9 Å². The van der Waals surface area contributed by atoms with Crippen molar-refractivity contribution in [3.05, 3.63) is 30.1 Å². The molecule has 1 aromatic rings. The van der Waals surface area contributed by atoms with Crippen molar-refractivity contribution in [2.75, 3.05) is 13.3 Å². The highest BCUT2D eigenvalue weighted by Crippen LogP contribution is 2.04. The van der Waals surface area contributed by atoms with E-state index in [1.54, 1.807) is 37.6 Å². The predicted octanol–water partition coefficient (Wildman–Crippen LogP) is 1.94. The number of nitrogens with zero attached hydrogens (tertiary/aromatic N) is 3. The van der Waals surface area contributed by atoms with E-state index >= 15 is 0 Å². The van der Waals surface area contributed by atoms with E-state index in [9.17, 15) is 9.00 Å². The maximum absolute atomic E-state index is 11.7. The number of rotatable bonds is 5. The summed E-state index contributed by atoms with van der Waals surface area (Å²) in [4.78, 5) is 20.1. The summed E-state index contributed by atoms with van der Waals surface area (Å²) in [6.45, 7) is 1.71. The van der Waals surface area contributed by atoms with Crippen LogP contribution in [0.4, 0.5) is 4.79 Å². The molecule has 0 aliphatic carbocycles. The maximum Gasteiger partial charge on any atom is 0.449 e. The Morgan fingerprint density at radius 2 is 2.30 bits per heavy atom. The minimum absolute atomic E-state index is 0.0260. The largest absolute Gasteiger partial charge is 0.449 e. The van der Waals surface area contributed by atoms with Gasteiger partial charge in [0.1, 0.15) is 11.7 Å². The van der Waals surface area contributed by atoms with Gasteiger partial charge < -0.3 is 0 Å². The van der Waals surface area contributed by atoms with E-state index in [4.69, 9.17) is 4.18 Å². The summed E-state index contributed by atoms with van der Waals surface area (Å²) < 4.78 is 17.5. The highest BCUT2D eigenvalue weighted by Gasteiger charge is 2.18. The third-order valence-corrected chi connectivity index (χ3v) is 3.64. The zero-order valence-corrected chi connectivity index (χ0v) is 12.9. The summed E-state index contributed by atoms with van der Waals surface area (Å²) in [6, 6.07) is 5.27. The molecule has 0 N–H and O–H groups in total. The smallest absolute Gasteiger partial charge is 0.296 e. The number of carbonyl (C=O) groups excluding carboxylic acids is 1. The summed E-state index contributed by atoms with van der Waals surface area (Å²) in [7, 11) is 1.29. The zero-order valence-electron chi connectivity index (χ0n) is 11.3. The molecule has 1 amide bonds. The Kier molecular flexibility index (Phi) is 7.20. The molecule has 0 aliphatic rings. The lowest BCUT2D eigenvalue weighted by molar-refractivity contribution is 0.132. The Morgan fingerprint density at radius 3 is 2.90 bits per heavy atom. The minimum atomic E-state index is -1.97. The van der Waals surface area contributed by atoms with E-state index in [0.717, 1.165) is 4.31 Å². The summed E-state index contributed by atoms with van der Waals surface area (Å²) in [5.41, 5.74) is 0.610. The lowest BCUT2D eigenvalue weighted by Gasteiger charge is -2.12. The molecule has 110 valence electrons. The van der Waals surface area contributed by atoms with E-state index in [-0.39, 0.29) is 6.61 Å². The third-order valence-electron chi connectivity index (χ3n) is 2.06. The van der Waals surface area contributed by atoms with Gasteiger partial charge in [0.2, 0.25) is 0 Å². The number of thioether (sulfide) groups is 1. The second-order valence-electron chi connectivity index (χ2n) is 3.47. The van der Waals surface area contributed by atoms with Gasteiger partial charge in [-0.2, -0.15) is 0 Å². The first kappa shape index (κ1) is 16.6. The molecule has 1 heterocycles. The monoisotopic (exact) mass is 317 g/mol. The van der Waals surface area contributed by atoms with Gasteiger partial charge in [-0.05, 0) is 25.3 Å². The molecule has 0 spiro atoms. The molecule has 1 unspecified atom stereocenters. The molecule has 0 aliphatic heterocycles. The lowest BCUT2D eigenvalue weighted by Crippen LogP contribution is -2.29. The van der Waals surface area contributed by atoms with Crippen molar-refractivity contribution in [1.82, 2.24) is 9.29 Å². The third kappa shape index (κ3) is 5.68. The van der Waals surface area contributed by atoms with E-state index in [1.807, 2.05) is 0 Å². The van der Waals surface area contributed by atoms with E-state index in [2.05, 4.69) is 15.0 Å². The van der Waals surface area contributed by atoms with Gasteiger partial charge in [-0.3, -0.25) is 14.0 Å². The number of amides is 1. The van der Waals surface area contributed by atoms with Crippen molar-refractivity contribution in [2.24, 2.45) is 5.16 Å². The predicted molar refractivity (Wildman–Crippen MR) is 78.0 cm³/mol. The van der Waals surface area contributed by atoms with Crippen molar-refractivity contribution in [2.45, 2.75) is 13.5 Å². The number of hydrogen-bond donors (Lipinski definition) is 0. The number of oxime groups is 1. The van der Waals surface area contributed by atoms with Crippen molar-refractivity contribution < 1.29 is 18.0 Å². The highest BCUT2D eigenvalue weighted by atomic mass is 32.2. The molecule has 1 atom stereocenters. The molecule has 1 rings (SSSR count). The standard InChI is InChI=1S/C11H15N3O4S2/c1-9(19-3)13-18-11(15)14(2)20(16)17-8-10-6-4-5-7-12-10/h4-7H,8H2,1-3H3/b13-9+. The van der Waals surface area contributed by atoms with Crippen LogP contribution in [0.5, 0.6) is 0 Å². The van der Waals surface area contributed by atoms with Crippen LogP contribution in [0.25, 0.3) is 0 Å². The summed E-state index contributed by atoms with van der Waals surface area (Å²) in [5, 5.41) is 4.13. The molecular weight excluding hydrogens is 302 g/mol. The van der Waals surface area contributed by atoms with Gasteiger partial charge in [0.25, 0.3) is 11.3 Å². The highest BCUT2D eigenvalue weighted by molar-refractivity contribution is 8.13. The van der Waals surface area contributed by atoms with Crippen LogP contribution < -0.4 is 0 Å². The molecule has 0 aromatic carbocycles. The lowest BCUT2D eigenvalue weighted by atomic mass is 10.4. The molecule has 0 saturated heterocycles. The molecule has 0 fully saturated rings. The van der Waals surface area contributed by atoms with Crippen molar-refractivity contribution in [1.29, 1.82) is 0 Å². The Labute approximate surface area is 124 Å². The number of carbonyl (C=O) groups is 1. The zero-order chi connectivity index (χ0) is 15.0. The van der Waals surface area contributed by atoms with Crippen LogP contribution in [0.3, 0.4) is 0 Å². The van der Waals surface area contributed by atoms with Gasteiger partial charge in [-0.1, -0.05) is 11.2 Å². The van der Waals surface area contributed by atoms with E-state index < -0.39 is 17.4 Å². The van der Waals surface area contributed by atoms with Gasteiger partial charge in [0, 0.05) is 13.2 Å². The molecule has 1 aromatic heterocycles. The second-order valence-corrected chi connectivity index (χ2v) is 5.69. The summed E-state index contributed by atoms with van der Waals surface area (Å²) in [5.74, 6) is 0. The Morgan fingerprint density at radius 1 is 1.55 bits per heavy atom. The molecule has 20 heavy (non-hydrogen) atoms. The first-order valence-electron chi connectivity index (χ1n) is 5.53. The fraction of sp³-hybridized carbons (Fsp3) is 0.364. The number of pyridine rings is 1. The topological polar surface area (TPSA) is 81.1 Å². The molecule has 7 nitrogen and oxygen atoms in total. The van der Waals surface area contributed by atoms with Crippen LogP contribution in [0.2, 0.25) is 0 Å². The van der Waals surface area contributed by atoms with E-state index in [0.29, 0.717) is 10.7 Å². The second kappa shape index (κ2) is 8.67. The molecule has 0 saturated carbocycles. The SMILES string of the molecule is CS/C(C)=N/OC(=O)N(C)S(=O)OCc1ccccn1. The first-order valence-corrected chi connectivity index (χ1v) is 7.78. The van der Waals surface area contributed by atoms with Crippen molar-refractivity contribution >= 4 is 34.2 Å². The summed E-state index contributed by atoms with van der Waals surface area (Å²) in [6.07, 6.45) is 2.53. The summed E-state index contributed by atoms with van der Waals surface area (Å²) >= 11 is -0.636. The first-order chi connectivity index (χ1) is 9.54. The van der Waals surface area contributed by atoms with Crippen LogP contribution in [-0.2, 0) is 26.9 Å². The van der Waals surface area contributed by atoms with Crippen molar-refractivity contribution in [3.8, 4) is 0 Å². The number of aromatic nitrogens is 1. The van der Waals surface area contributed by atoms with Crippen LogP contribution >= 0.6 is 11.8 Å². The fourth-order valence-electron chi connectivity index (χ4n) is 0.932. The minimum Gasteiger partial charge on any atom is -0.296 e. The molecular formula is C11H15N3O4S2. The van der Waals surface area contributed by atoms with Crippen molar-refractivity contribution in [3.63, 3.8) is 0 Å². The Bertz CT molecular complexity index is 496. The average Bonchev–Trinajstić information content (AvgIpc) is 2.49. The van der Waals surface area contributed by atoms with Gasteiger partial charge in [0.15, 0.2) is 0 Å². The fourth-order valence-corrected chi connectivity index (χ4v) is 1.58. The molecule has 9 heteroatoms. The number of hydrogen-bond acceptors (Lipinski definition) is 7. The van der Waals surface area contributed by atoms with Gasteiger partial charge in [-0.25, -0.2) is 13.3 Å². The van der Waals surface area contributed by atoms with E-state index in [1.165, 1.54) is 18.8 Å². The average molecular weight is 317 g/mol. The van der Waals surface area contributed by atoms with Gasteiger partial charge in [0.05, 0.1) is 5.69 Å². The van der Waals surface area contributed by atoms with Crippen LogP contribution in [0.1, 0.15) is 12.6 Å². The quantitative estimate of drug-likeness (QED) is 0.357. The Hall–Kier alpha value is -1.45. The molecule has 0 radical (unpaired) electrons. The molecule has 0 bridgehead atoms. The van der Waals surface area contributed by atoms with Gasteiger partial charge in [-0.15, -0.1) is 11.8 Å².